The number of nitrogens with one attached hydrogen (secondary N) is 2. The van der Waals surface area contributed by atoms with Gasteiger partial charge in [0.05, 0.1) is 6.61 Å². The smallest absolute Gasteiger partial charge is 0.328 e. The van der Waals surface area contributed by atoms with Gasteiger partial charge in [0.15, 0.2) is 0 Å². The Hall–Kier alpha value is -2.18. The van der Waals surface area contributed by atoms with Crippen molar-refractivity contribution in [2.45, 2.75) is 46.6 Å². The number of aromatic nitrogens is 2. The first kappa shape index (κ1) is 16.9. The van der Waals surface area contributed by atoms with Gasteiger partial charge in [-0.3, -0.25) is 9.59 Å². The van der Waals surface area contributed by atoms with Crippen molar-refractivity contribution < 1.29 is 14.3 Å². The Kier molecular flexibility index (Phi) is 6.08. The molecule has 1 unspecified atom stereocenters. The Bertz CT molecular complexity index is 580. The molecule has 2 N–H and O–H groups in total. The number of amides is 1. The van der Waals surface area contributed by atoms with Crippen LogP contribution in [0, 0.1) is 13.8 Å². The van der Waals surface area contributed by atoms with Gasteiger partial charge in [-0.2, -0.15) is 0 Å². The first-order chi connectivity index (χ1) is 9.85. The summed E-state index contributed by atoms with van der Waals surface area (Å²) in [7, 11) is 0. The van der Waals surface area contributed by atoms with Gasteiger partial charge in [-0.05, 0) is 34.1 Å². The predicted octanol–water partition coefficient (Wildman–Crippen LogP) is 0.387. The first-order valence-corrected chi connectivity index (χ1v) is 6.87. The van der Waals surface area contributed by atoms with E-state index >= 15 is 0 Å². The molecule has 0 radical (unpaired) electrons. The maximum absolute atomic E-state index is 11.8. The van der Waals surface area contributed by atoms with E-state index in [2.05, 4.69) is 15.3 Å². The summed E-state index contributed by atoms with van der Waals surface area (Å²) in [5, 5.41) is 2.54. The van der Waals surface area contributed by atoms with E-state index in [1.807, 2.05) is 0 Å². The highest BCUT2D eigenvalue weighted by atomic mass is 16.5. The molecule has 1 aromatic rings. The molecule has 1 rings (SSSR count). The Morgan fingerprint density at radius 3 is 2.62 bits per heavy atom. The van der Waals surface area contributed by atoms with Crippen LogP contribution < -0.4 is 10.9 Å². The lowest BCUT2D eigenvalue weighted by atomic mass is 10.1. The molecule has 7 nitrogen and oxygen atoms in total. The number of aryl methyl sites for hydroxylation is 2. The van der Waals surface area contributed by atoms with E-state index in [1.54, 1.807) is 27.7 Å². The van der Waals surface area contributed by atoms with Crippen LogP contribution in [0.3, 0.4) is 0 Å². The maximum atomic E-state index is 11.8. The standard InChI is InChI=1S/C14H21N3O4/c1-5-21-14(20)9(3)16-12(18)7-6-11-8(2)15-10(4)17-13(11)19/h9H,5-7H2,1-4H3,(H,16,18)(H,15,17,19). The molecule has 0 aliphatic heterocycles. The normalized spacial score (nSPS) is 11.8. The Morgan fingerprint density at radius 2 is 2.05 bits per heavy atom. The van der Waals surface area contributed by atoms with Crippen molar-refractivity contribution in [2.24, 2.45) is 0 Å². The number of ether oxygens (including phenoxy) is 1. The highest BCUT2D eigenvalue weighted by Crippen LogP contribution is 2.03. The van der Waals surface area contributed by atoms with Gasteiger partial charge in [-0.1, -0.05) is 0 Å². The van der Waals surface area contributed by atoms with E-state index in [1.165, 1.54) is 0 Å². The molecule has 1 atom stereocenters. The zero-order chi connectivity index (χ0) is 16.0. The summed E-state index contributed by atoms with van der Waals surface area (Å²) in [5.74, 6) is -0.242. The molecule has 0 bridgehead atoms. The molecule has 0 fully saturated rings. The lowest BCUT2D eigenvalue weighted by Gasteiger charge is -2.12. The highest BCUT2D eigenvalue weighted by molar-refractivity contribution is 5.84. The van der Waals surface area contributed by atoms with Crippen LogP contribution in [-0.4, -0.2) is 34.5 Å². The van der Waals surface area contributed by atoms with E-state index in [0.29, 0.717) is 17.1 Å². The number of hydrogen-bond acceptors (Lipinski definition) is 5. The maximum Gasteiger partial charge on any atom is 0.328 e. The topological polar surface area (TPSA) is 101 Å². The molecular formula is C14H21N3O4. The molecule has 0 saturated carbocycles. The lowest BCUT2D eigenvalue weighted by molar-refractivity contribution is -0.146. The molecule has 21 heavy (non-hydrogen) atoms. The molecule has 0 aromatic carbocycles. The minimum atomic E-state index is -0.701. The van der Waals surface area contributed by atoms with Crippen molar-refractivity contribution in [1.82, 2.24) is 15.3 Å². The highest BCUT2D eigenvalue weighted by Gasteiger charge is 2.17. The fourth-order valence-corrected chi connectivity index (χ4v) is 1.92. The molecular weight excluding hydrogens is 274 g/mol. The summed E-state index contributed by atoms with van der Waals surface area (Å²) in [6.07, 6.45) is 0.383. The minimum absolute atomic E-state index is 0.110. The Balaban J connectivity index is 2.58. The molecule has 1 aromatic heterocycles. The van der Waals surface area contributed by atoms with Gasteiger partial charge in [0.2, 0.25) is 5.91 Å². The largest absolute Gasteiger partial charge is 0.464 e. The van der Waals surface area contributed by atoms with Gasteiger partial charge in [-0.25, -0.2) is 9.78 Å². The molecule has 0 saturated heterocycles. The monoisotopic (exact) mass is 295 g/mol. The number of nitrogens with zero attached hydrogens (tertiary/aromatic N) is 1. The fraction of sp³-hybridized carbons (Fsp3) is 0.571. The van der Waals surface area contributed by atoms with Crippen molar-refractivity contribution in [1.29, 1.82) is 0 Å². The average Bonchev–Trinajstić information content (AvgIpc) is 2.37. The van der Waals surface area contributed by atoms with Gasteiger partial charge < -0.3 is 15.0 Å². The van der Waals surface area contributed by atoms with Crippen LogP contribution in [-0.2, 0) is 20.7 Å². The van der Waals surface area contributed by atoms with Gasteiger partial charge >= 0.3 is 5.97 Å². The third kappa shape index (κ3) is 5.02. The number of esters is 1. The second-order valence-electron chi connectivity index (χ2n) is 4.76. The summed E-state index contributed by atoms with van der Waals surface area (Å²) in [6.45, 7) is 6.96. The van der Waals surface area contributed by atoms with Crippen LogP contribution in [0.25, 0.3) is 0 Å². The Labute approximate surface area is 123 Å². The number of H-pyrrole nitrogens is 1. The van der Waals surface area contributed by atoms with E-state index in [4.69, 9.17) is 4.74 Å². The number of rotatable bonds is 6. The molecule has 0 spiro atoms. The van der Waals surface area contributed by atoms with Gasteiger partial charge in [-0.15, -0.1) is 0 Å². The van der Waals surface area contributed by atoms with Crippen molar-refractivity contribution in [3.63, 3.8) is 0 Å². The predicted molar refractivity (Wildman–Crippen MR) is 76.9 cm³/mol. The van der Waals surface area contributed by atoms with Gasteiger partial charge in [0, 0.05) is 17.7 Å². The summed E-state index contributed by atoms with van der Waals surface area (Å²) in [6, 6.07) is -0.701. The summed E-state index contributed by atoms with van der Waals surface area (Å²) < 4.78 is 4.80. The zero-order valence-electron chi connectivity index (χ0n) is 12.8. The van der Waals surface area contributed by atoms with Crippen LogP contribution in [0.2, 0.25) is 0 Å². The lowest BCUT2D eigenvalue weighted by Crippen LogP contribution is -2.39. The van der Waals surface area contributed by atoms with Crippen molar-refractivity contribution in [3.8, 4) is 0 Å². The van der Waals surface area contributed by atoms with Crippen LogP contribution in [0.15, 0.2) is 4.79 Å². The van der Waals surface area contributed by atoms with Gasteiger partial charge in [0.25, 0.3) is 5.56 Å². The summed E-state index contributed by atoms with van der Waals surface area (Å²) in [4.78, 5) is 41.7. The SMILES string of the molecule is CCOC(=O)C(C)NC(=O)CCc1c(C)nc(C)[nH]c1=O. The molecule has 0 aliphatic rings. The molecule has 7 heteroatoms. The van der Waals surface area contributed by atoms with Gasteiger partial charge in [0.1, 0.15) is 11.9 Å². The fourth-order valence-electron chi connectivity index (χ4n) is 1.92. The zero-order valence-corrected chi connectivity index (χ0v) is 12.8. The van der Waals surface area contributed by atoms with Crippen LogP contribution >= 0.6 is 0 Å². The number of carbonyl (C=O) groups excluding carboxylic acids is 2. The van der Waals surface area contributed by atoms with Crippen LogP contribution in [0.4, 0.5) is 0 Å². The van der Waals surface area contributed by atoms with Crippen molar-refractivity contribution >= 4 is 11.9 Å². The second-order valence-corrected chi connectivity index (χ2v) is 4.76. The van der Waals surface area contributed by atoms with Crippen LogP contribution in [0.1, 0.15) is 37.4 Å². The van der Waals surface area contributed by atoms with Crippen LogP contribution in [0.5, 0.6) is 0 Å². The molecule has 116 valence electrons. The van der Waals surface area contributed by atoms with Crippen molar-refractivity contribution in [2.75, 3.05) is 6.61 Å². The van der Waals surface area contributed by atoms with Crippen molar-refractivity contribution in [3.05, 3.63) is 27.4 Å². The Morgan fingerprint density at radius 1 is 1.38 bits per heavy atom. The van der Waals surface area contributed by atoms with E-state index < -0.39 is 12.0 Å². The third-order valence-electron chi connectivity index (χ3n) is 2.96. The van der Waals surface area contributed by atoms with E-state index in [9.17, 15) is 14.4 Å². The van der Waals surface area contributed by atoms with E-state index in [-0.39, 0.29) is 30.9 Å². The van der Waals surface area contributed by atoms with E-state index in [0.717, 1.165) is 0 Å². The molecule has 0 aliphatic carbocycles. The third-order valence-corrected chi connectivity index (χ3v) is 2.96. The quantitative estimate of drug-likeness (QED) is 0.739. The number of aromatic amines is 1. The number of hydrogen-bond donors (Lipinski definition) is 2. The molecule has 1 heterocycles. The minimum Gasteiger partial charge on any atom is -0.464 e. The molecule has 1 amide bonds. The average molecular weight is 295 g/mol. The summed E-state index contributed by atoms with van der Waals surface area (Å²) >= 11 is 0. The summed E-state index contributed by atoms with van der Waals surface area (Å²) in [5.41, 5.74) is 0.869. The number of carbonyl (C=O) groups is 2. The first-order valence-electron chi connectivity index (χ1n) is 6.87. The second kappa shape index (κ2) is 7.56.